The van der Waals surface area contributed by atoms with Gasteiger partial charge < -0.3 is 9.88 Å². The van der Waals surface area contributed by atoms with E-state index in [1.807, 2.05) is 84.5 Å². The second-order valence-corrected chi connectivity index (χ2v) is 5.25. The Kier molecular flexibility index (Phi) is 4.05. The first-order valence-corrected chi connectivity index (χ1v) is 7.30. The van der Waals surface area contributed by atoms with Crippen LogP contribution in [0.4, 0.5) is 0 Å². The van der Waals surface area contributed by atoms with Gasteiger partial charge in [0, 0.05) is 30.2 Å². The normalized spacial score (nSPS) is 10.4. The Labute approximate surface area is 130 Å². The van der Waals surface area contributed by atoms with Gasteiger partial charge in [0.15, 0.2) is 0 Å². The van der Waals surface area contributed by atoms with Gasteiger partial charge in [0.05, 0.1) is 0 Å². The lowest BCUT2D eigenvalue weighted by Crippen LogP contribution is -2.23. The van der Waals surface area contributed by atoms with Gasteiger partial charge in [-0.3, -0.25) is 4.79 Å². The fourth-order valence-corrected chi connectivity index (χ4v) is 2.38. The number of carbonyl (C=O) groups excluding carboxylic acids is 1. The first kappa shape index (κ1) is 14.1. The number of hydrogen-bond donors (Lipinski definition) is 1. The Hall–Kier alpha value is -2.81. The van der Waals surface area contributed by atoms with Crippen molar-refractivity contribution in [1.29, 1.82) is 0 Å². The summed E-state index contributed by atoms with van der Waals surface area (Å²) in [6.45, 7) is 2.60. The summed E-state index contributed by atoms with van der Waals surface area (Å²) in [6, 6.07) is 19.6. The zero-order chi connectivity index (χ0) is 15.4. The van der Waals surface area contributed by atoms with E-state index in [0.29, 0.717) is 12.1 Å². The Morgan fingerprint density at radius 2 is 1.64 bits per heavy atom. The number of hydrogen-bond acceptors (Lipinski definition) is 1. The molecule has 0 saturated carbocycles. The molecular weight excluding hydrogens is 272 g/mol. The number of nitrogens with one attached hydrogen (secondary N) is 1. The smallest absolute Gasteiger partial charge is 0.251 e. The average Bonchev–Trinajstić information content (AvgIpc) is 3.08. The van der Waals surface area contributed by atoms with Crippen LogP contribution in [0.5, 0.6) is 0 Å². The predicted molar refractivity (Wildman–Crippen MR) is 88.1 cm³/mol. The third kappa shape index (κ3) is 3.09. The minimum absolute atomic E-state index is 0.0534. The maximum Gasteiger partial charge on any atom is 0.251 e. The minimum atomic E-state index is -0.0534. The van der Waals surface area contributed by atoms with E-state index in [-0.39, 0.29) is 5.91 Å². The zero-order valence-electron chi connectivity index (χ0n) is 12.5. The van der Waals surface area contributed by atoms with E-state index in [2.05, 4.69) is 5.32 Å². The molecule has 3 nitrogen and oxygen atoms in total. The second-order valence-electron chi connectivity index (χ2n) is 5.25. The molecule has 0 atom stereocenters. The van der Waals surface area contributed by atoms with Gasteiger partial charge in [-0.2, -0.15) is 0 Å². The molecule has 0 aliphatic heterocycles. The number of benzene rings is 2. The molecule has 1 amide bonds. The number of carbonyl (C=O) groups is 1. The molecule has 1 heterocycles. The van der Waals surface area contributed by atoms with Crippen LogP contribution in [0.15, 0.2) is 73.1 Å². The molecule has 0 saturated heterocycles. The highest BCUT2D eigenvalue weighted by atomic mass is 16.1. The molecule has 110 valence electrons. The zero-order valence-corrected chi connectivity index (χ0v) is 12.5. The van der Waals surface area contributed by atoms with E-state index >= 15 is 0 Å². The van der Waals surface area contributed by atoms with Crippen LogP contribution in [-0.2, 0) is 6.54 Å². The standard InChI is InChI=1S/C19H18N2O/c1-15-6-2-3-7-17(15)14-20-19(22)16-8-10-18(11-9-16)21-12-4-5-13-21/h2-13H,14H2,1H3,(H,20,22). The Balaban J connectivity index is 1.67. The maximum absolute atomic E-state index is 12.2. The highest BCUT2D eigenvalue weighted by Crippen LogP contribution is 2.11. The SMILES string of the molecule is Cc1ccccc1CNC(=O)c1ccc(-n2cccc2)cc1. The predicted octanol–water partition coefficient (Wildman–Crippen LogP) is 3.72. The summed E-state index contributed by atoms with van der Waals surface area (Å²) in [7, 11) is 0. The van der Waals surface area contributed by atoms with Crippen LogP contribution in [0.3, 0.4) is 0 Å². The summed E-state index contributed by atoms with van der Waals surface area (Å²) >= 11 is 0. The summed E-state index contributed by atoms with van der Waals surface area (Å²) < 4.78 is 2.01. The molecule has 22 heavy (non-hydrogen) atoms. The molecule has 0 radical (unpaired) electrons. The molecule has 3 rings (SSSR count). The van der Waals surface area contributed by atoms with Crippen LogP contribution in [0, 0.1) is 6.92 Å². The fraction of sp³-hybridized carbons (Fsp3) is 0.105. The number of amides is 1. The van der Waals surface area contributed by atoms with Crippen molar-refractivity contribution < 1.29 is 4.79 Å². The minimum Gasteiger partial charge on any atom is -0.348 e. The van der Waals surface area contributed by atoms with Crippen molar-refractivity contribution in [1.82, 2.24) is 9.88 Å². The molecule has 0 aliphatic rings. The molecule has 2 aromatic carbocycles. The maximum atomic E-state index is 12.2. The third-order valence-electron chi connectivity index (χ3n) is 3.73. The molecule has 0 spiro atoms. The molecule has 3 heteroatoms. The van der Waals surface area contributed by atoms with Crippen molar-refractivity contribution in [3.8, 4) is 5.69 Å². The monoisotopic (exact) mass is 290 g/mol. The highest BCUT2D eigenvalue weighted by molar-refractivity contribution is 5.94. The van der Waals surface area contributed by atoms with E-state index in [1.165, 1.54) is 5.56 Å². The lowest BCUT2D eigenvalue weighted by molar-refractivity contribution is 0.0951. The van der Waals surface area contributed by atoms with Gasteiger partial charge in [-0.25, -0.2) is 0 Å². The van der Waals surface area contributed by atoms with Crippen molar-refractivity contribution in [3.05, 3.63) is 89.7 Å². The molecular formula is C19H18N2O. The first-order valence-electron chi connectivity index (χ1n) is 7.30. The Morgan fingerprint density at radius 1 is 0.955 bits per heavy atom. The van der Waals surface area contributed by atoms with Gasteiger partial charge in [-0.15, -0.1) is 0 Å². The van der Waals surface area contributed by atoms with Gasteiger partial charge in [0.25, 0.3) is 5.91 Å². The van der Waals surface area contributed by atoms with Gasteiger partial charge in [0.1, 0.15) is 0 Å². The number of aromatic nitrogens is 1. The third-order valence-corrected chi connectivity index (χ3v) is 3.73. The van der Waals surface area contributed by atoms with Crippen molar-refractivity contribution in [2.24, 2.45) is 0 Å². The summed E-state index contributed by atoms with van der Waals surface area (Å²) in [4.78, 5) is 12.2. The van der Waals surface area contributed by atoms with Crippen LogP contribution in [0.25, 0.3) is 5.69 Å². The number of nitrogens with zero attached hydrogens (tertiary/aromatic N) is 1. The van der Waals surface area contributed by atoms with E-state index < -0.39 is 0 Å². The van der Waals surface area contributed by atoms with E-state index in [1.54, 1.807) is 0 Å². The van der Waals surface area contributed by atoms with E-state index in [0.717, 1.165) is 11.3 Å². The van der Waals surface area contributed by atoms with Crippen molar-refractivity contribution in [2.75, 3.05) is 0 Å². The fourth-order valence-electron chi connectivity index (χ4n) is 2.38. The molecule has 0 aliphatic carbocycles. The van der Waals surface area contributed by atoms with Gasteiger partial charge in [-0.05, 0) is 54.4 Å². The summed E-state index contributed by atoms with van der Waals surface area (Å²) in [5.41, 5.74) is 4.04. The topological polar surface area (TPSA) is 34.0 Å². The molecule has 3 aromatic rings. The molecule has 0 fully saturated rings. The molecule has 1 N–H and O–H groups in total. The Bertz CT molecular complexity index is 758. The van der Waals surface area contributed by atoms with Crippen molar-refractivity contribution >= 4 is 5.91 Å². The summed E-state index contributed by atoms with van der Waals surface area (Å²) in [6.07, 6.45) is 3.96. The van der Waals surface area contributed by atoms with Crippen LogP contribution < -0.4 is 5.32 Å². The molecule has 0 bridgehead atoms. The summed E-state index contributed by atoms with van der Waals surface area (Å²) in [5, 5.41) is 2.96. The van der Waals surface area contributed by atoms with Crippen molar-refractivity contribution in [3.63, 3.8) is 0 Å². The van der Waals surface area contributed by atoms with Crippen LogP contribution in [0.2, 0.25) is 0 Å². The highest BCUT2D eigenvalue weighted by Gasteiger charge is 2.06. The molecule has 1 aromatic heterocycles. The van der Waals surface area contributed by atoms with Crippen LogP contribution >= 0.6 is 0 Å². The average molecular weight is 290 g/mol. The van der Waals surface area contributed by atoms with Crippen LogP contribution in [-0.4, -0.2) is 10.5 Å². The molecule has 0 unspecified atom stereocenters. The van der Waals surface area contributed by atoms with Crippen molar-refractivity contribution in [2.45, 2.75) is 13.5 Å². The first-order chi connectivity index (χ1) is 10.7. The number of rotatable bonds is 4. The largest absolute Gasteiger partial charge is 0.348 e. The quantitative estimate of drug-likeness (QED) is 0.780. The lowest BCUT2D eigenvalue weighted by atomic mass is 10.1. The van der Waals surface area contributed by atoms with Gasteiger partial charge in [0.2, 0.25) is 0 Å². The van der Waals surface area contributed by atoms with Crippen LogP contribution in [0.1, 0.15) is 21.5 Å². The van der Waals surface area contributed by atoms with Gasteiger partial charge >= 0.3 is 0 Å². The second kappa shape index (κ2) is 6.31. The Morgan fingerprint density at radius 3 is 2.32 bits per heavy atom. The van der Waals surface area contributed by atoms with E-state index in [9.17, 15) is 4.79 Å². The summed E-state index contributed by atoms with van der Waals surface area (Å²) in [5.74, 6) is -0.0534. The number of aryl methyl sites for hydroxylation is 1. The lowest BCUT2D eigenvalue weighted by Gasteiger charge is -2.09. The van der Waals surface area contributed by atoms with Gasteiger partial charge in [-0.1, -0.05) is 24.3 Å². The van der Waals surface area contributed by atoms with E-state index in [4.69, 9.17) is 0 Å².